The van der Waals surface area contributed by atoms with Gasteiger partial charge in [-0.15, -0.1) is 24.0 Å². The lowest BCUT2D eigenvalue weighted by atomic mass is 10.2. The van der Waals surface area contributed by atoms with E-state index in [0.29, 0.717) is 18.6 Å². The van der Waals surface area contributed by atoms with Crippen LogP contribution < -0.4 is 10.6 Å². The van der Waals surface area contributed by atoms with Gasteiger partial charge < -0.3 is 10.6 Å². The summed E-state index contributed by atoms with van der Waals surface area (Å²) < 4.78 is 1.75. The Labute approximate surface area is 201 Å². The van der Waals surface area contributed by atoms with E-state index in [1.54, 1.807) is 11.0 Å². The smallest absolute Gasteiger partial charge is 0.191 e. The summed E-state index contributed by atoms with van der Waals surface area (Å²) in [5, 5.41) is 11.2. The highest BCUT2D eigenvalue weighted by molar-refractivity contribution is 14.0. The molecule has 4 rings (SSSR count). The van der Waals surface area contributed by atoms with Crippen LogP contribution >= 0.6 is 24.0 Å². The fraction of sp³-hybridized carbons (Fsp3) is 0.348. The number of guanidine groups is 1. The predicted molar refractivity (Wildman–Crippen MR) is 135 cm³/mol. The molecule has 1 aliphatic heterocycles. The average Bonchev–Trinajstić information content (AvgIpc) is 3.43. The number of hydrogen-bond acceptors (Lipinski definition) is 4. The molecule has 1 saturated heterocycles. The standard InChI is InChI=1S/C23H29N7.HI/c1-18-12-21(15-29(18)14-20-6-4-3-5-7-20)28-23(24-2)26-13-19-8-10-22(11-9-19)30-17-25-16-27-30;/h3-11,16-18,21H,12-15H2,1-2H3,(H2,24,26,28);1H. The summed E-state index contributed by atoms with van der Waals surface area (Å²) >= 11 is 0. The third-order valence-electron chi connectivity index (χ3n) is 5.58. The van der Waals surface area contributed by atoms with Gasteiger partial charge in [0.25, 0.3) is 0 Å². The normalized spacial score (nSPS) is 19.1. The molecule has 2 N–H and O–H groups in total. The van der Waals surface area contributed by atoms with Gasteiger partial charge in [0.2, 0.25) is 0 Å². The molecule has 2 unspecified atom stereocenters. The summed E-state index contributed by atoms with van der Waals surface area (Å²) in [5.74, 6) is 0.842. The van der Waals surface area contributed by atoms with Gasteiger partial charge in [0.05, 0.1) is 5.69 Å². The zero-order chi connectivity index (χ0) is 20.8. The Kier molecular flexibility index (Phi) is 8.42. The molecule has 2 aromatic carbocycles. The maximum atomic E-state index is 4.41. The van der Waals surface area contributed by atoms with E-state index in [1.807, 2.05) is 19.2 Å². The first kappa shape index (κ1) is 23.2. The average molecular weight is 531 g/mol. The van der Waals surface area contributed by atoms with Crippen LogP contribution in [0.1, 0.15) is 24.5 Å². The van der Waals surface area contributed by atoms with E-state index in [2.05, 4.69) is 80.0 Å². The second kappa shape index (κ2) is 11.2. The SMILES string of the molecule is CN=C(NCc1ccc(-n2cncn2)cc1)NC1CC(C)N(Cc2ccccc2)C1.I. The Balaban J connectivity index is 0.00000272. The number of halogens is 1. The second-order valence-electron chi connectivity index (χ2n) is 7.77. The molecule has 1 fully saturated rings. The lowest BCUT2D eigenvalue weighted by Crippen LogP contribution is -2.44. The van der Waals surface area contributed by atoms with Crippen molar-refractivity contribution in [2.45, 2.75) is 38.5 Å². The number of aliphatic imine (C=N–C) groups is 1. The van der Waals surface area contributed by atoms with E-state index in [4.69, 9.17) is 0 Å². The van der Waals surface area contributed by atoms with Crippen LogP contribution in [-0.4, -0.2) is 51.3 Å². The van der Waals surface area contributed by atoms with Gasteiger partial charge in [0.1, 0.15) is 12.7 Å². The van der Waals surface area contributed by atoms with Gasteiger partial charge in [0.15, 0.2) is 5.96 Å². The molecule has 8 heteroatoms. The monoisotopic (exact) mass is 531 g/mol. The number of nitrogens with zero attached hydrogens (tertiary/aromatic N) is 5. The van der Waals surface area contributed by atoms with Gasteiger partial charge >= 0.3 is 0 Å². The van der Waals surface area contributed by atoms with Gasteiger partial charge in [-0.3, -0.25) is 9.89 Å². The van der Waals surface area contributed by atoms with Crippen LogP contribution in [-0.2, 0) is 13.1 Å². The molecule has 0 bridgehead atoms. The minimum Gasteiger partial charge on any atom is -0.352 e. The van der Waals surface area contributed by atoms with Crippen LogP contribution in [0.4, 0.5) is 0 Å². The van der Waals surface area contributed by atoms with Crippen molar-refractivity contribution in [1.82, 2.24) is 30.3 Å². The third-order valence-corrected chi connectivity index (χ3v) is 5.58. The van der Waals surface area contributed by atoms with E-state index in [0.717, 1.165) is 31.2 Å². The van der Waals surface area contributed by atoms with Crippen molar-refractivity contribution >= 4 is 29.9 Å². The number of aromatic nitrogens is 3. The molecule has 0 radical (unpaired) electrons. The van der Waals surface area contributed by atoms with Crippen molar-refractivity contribution in [1.29, 1.82) is 0 Å². The van der Waals surface area contributed by atoms with E-state index < -0.39 is 0 Å². The molecule has 7 nitrogen and oxygen atoms in total. The van der Waals surface area contributed by atoms with E-state index >= 15 is 0 Å². The molecule has 31 heavy (non-hydrogen) atoms. The summed E-state index contributed by atoms with van der Waals surface area (Å²) in [7, 11) is 1.82. The molecular weight excluding hydrogens is 501 g/mol. The van der Waals surface area contributed by atoms with Crippen molar-refractivity contribution in [3.05, 3.63) is 78.4 Å². The summed E-state index contributed by atoms with van der Waals surface area (Å²) in [5.41, 5.74) is 3.55. The molecule has 0 aliphatic carbocycles. The van der Waals surface area contributed by atoms with Crippen molar-refractivity contribution < 1.29 is 0 Å². The van der Waals surface area contributed by atoms with E-state index in [-0.39, 0.29) is 24.0 Å². The largest absolute Gasteiger partial charge is 0.352 e. The number of benzene rings is 2. The Morgan fingerprint density at radius 2 is 1.87 bits per heavy atom. The van der Waals surface area contributed by atoms with Crippen molar-refractivity contribution in [2.24, 2.45) is 4.99 Å². The number of rotatable bonds is 6. The summed E-state index contributed by atoms with van der Waals surface area (Å²) in [6.07, 6.45) is 4.35. The highest BCUT2D eigenvalue weighted by atomic mass is 127. The zero-order valence-electron chi connectivity index (χ0n) is 18.0. The van der Waals surface area contributed by atoms with E-state index in [1.165, 1.54) is 17.5 Å². The molecule has 1 aromatic heterocycles. The summed E-state index contributed by atoms with van der Waals surface area (Å²) in [4.78, 5) is 10.9. The van der Waals surface area contributed by atoms with Crippen molar-refractivity contribution in [3.8, 4) is 5.69 Å². The summed E-state index contributed by atoms with van der Waals surface area (Å²) in [6.45, 7) is 5.03. The molecule has 2 atom stereocenters. The number of hydrogen-bond donors (Lipinski definition) is 2. The van der Waals surface area contributed by atoms with Crippen LogP contribution in [0.3, 0.4) is 0 Å². The first-order chi connectivity index (χ1) is 14.7. The maximum absolute atomic E-state index is 4.41. The van der Waals surface area contributed by atoms with Gasteiger partial charge in [-0.1, -0.05) is 42.5 Å². The Morgan fingerprint density at radius 1 is 1.10 bits per heavy atom. The second-order valence-corrected chi connectivity index (χ2v) is 7.77. The Hall–Kier alpha value is -2.46. The van der Waals surface area contributed by atoms with Crippen molar-refractivity contribution in [2.75, 3.05) is 13.6 Å². The van der Waals surface area contributed by atoms with Gasteiger partial charge in [0, 0.05) is 38.8 Å². The molecule has 164 valence electrons. The maximum Gasteiger partial charge on any atom is 0.191 e. The van der Waals surface area contributed by atoms with E-state index in [9.17, 15) is 0 Å². The van der Waals surface area contributed by atoms with Crippen LogP contribution in [0.25, 0.3) is 5.69 Å². The lowest BCUT2D eigenvalue weighted by molar-refractivity contribution is 0.258. The summed E-state index contributed by atoms with van der Waals surface area (Å²) in [6, 6.07) is 19.9. The lowest BCUT2D eigenvalue weighted by Gasteiger charge is -2.21. The third kappa shape index (κ3) is 6.27. The topological polar surface area (TPSA) is 70.4 Å². The van der Waals surface area contributed by atoms with Crippen LogP contribution in [0, 0.1) is 0 Å². The number of nitrogens with one attached hydrogen (secondary N) is 2. The highest BCUT2D eigenvalue weighted by Gasteiger charge is 2.29. The molecule has 2 heterocycles. The molecule has 3 aromatic rings. The highest BCUT2D eigenvalue weighted by Crippen LogP contribution is 2.20. The predicted octanol–water partition coefficient (Wildman–Crippen LogP) is 3.21. The molecular formula is C23H30IN7. The Morgan fingerprint density at radius 3 is 2.55 bits per heavy atom. The zero-order valence-corrected chi connectivity index (χ0v) is 20.3. The minimum absolute atomic E-state index is 0. The first-order valence-electron chi connectivity index (χ1n) is 10.4. The molecule has 0 spiro atoms. The van der Waals surface area contributed by atoms with Crippen LogP contribution in [0.2, 0.25) is 0 Å². The quantitative estimate of drug-likeness (QED) is 0.291. The number of likely N-dealkylation sites (tertiary alicyclic amines) is 1. The van der Waals surface area contributed by atoms with Crippen LogP contribution in [0.5, 0.6) is 0 Å². The van der Waals surface area contributed by atoms with Crippen molar-refractivity contribution in [3.63, 3.8) is 0 Å². The molecule has 0 saturated carbocycles. The first-order valence-corrected chi connectivity index (χ1v) is 10.4. The van der Waals surface area contributed by atoms with Gasteiger partial charge in [-0.25, -0.2) is 9.67 Å². The molecule has 0 amide bonds. The fourth-order valence-corrected chi connectivity index (χ4v) is 3.92. The van der Waals surface area contributed by atoms with Crippen LogP contribution in [0.15, 0.2) is 72.2 Å². The molecule has 1 aliphatic rings. The minimum atomic E-state index is 0. The van der Waals surface area contributed by atoms with Gasteiger partial charge in [-0.05, 0) is 36.6 Å². The Bertz CT molecular complexity index is 942. The fourth-order valence-electron chi connectivity index (χ4n) is 3.92. The van der Waals surface area contributed by atoms with Gasteiger partial charge in [-0.2, -0.15) is 5.10 Å².